The minimum Gasteiger partial charge on any atom is -0.337 e. The Hall–Kier alpha value is -2.58. The van der Waals surface area contributed by atoms with E-state index in [2.05, 4.69) is 30.4 Å². The molecule has 0 atom stereocenters. The van der Waals surface area contributed by atoms with E-state index in [1.54, 1.807) is 23.4 Å². The van der Waals surface area contributed by atoms with Gasteiger partial charge in [0.2, 0.25) is 5.95 Å². The van der Waals surface area contributed by atoms with E-state index in [1.165, 1.54) is 0 Å². The predicted molar refractivity (Wildman–Crippen MR) is 89.7 cm³/mol. The van der Waals surface area contributed by atoms with Gasteiger partial charge >= 0.3 is 0 Å². The Balaban J connectivity index is 1.49. The molecule has 1 saturated heterocycles. The summed E-state index contributed by atoms with van der Waals surface area (Å²) in [4.78, 5) is 26.0. The van der Waals surface area contributed by atoms with Crippen LogP contribution in [0.15, 0.2) is 24.8 Å². The third-order valence-electron chi connectivity index (χ3n) is 5.27. The van der Waals surface area contributed by atoms with Crippen LogP contribution in [0.3, 0.4) is 0 Å². The first-order valence-electron chi connectivity index (χ1n) is 8.84. The summed E-state index contributed by atoms with van der Waals surface area (Å²) in [6.45, 7) is 2.81. The summed E-state index contributed by atoms with van der Waals surface area (Å²) in [6, 6.07) is 1.81. The fourth-order valence-corrected chi connectivity index (χ4v) is 3.89. The zero-order chi connectivity index (χ0) is 17.1. The molecule has 2 fully saturated rings. The van der Waals surface area contributed by atoms with Crippen molar-refractivity contribution in [2.75, 3.05) is 31.1 Å². The Labute approximate surface area is 146 Å². The molecule has 0 bridgehead atoms. The topological polar surface area (TPSA) is 92.9 Å². The van der Waals surface area contributed by atoms with Crippen molar-refractivity contribution in [1.82, 2.24) is 35.1 Å². The molecule has 1 aliphatic heterocycles. The van der Waals surface area contributed by atoms with E-state index in [-0.39, 0.29) is 5.91 Å². The molecule has 9 nitrogen and oxygen atoms in total. The van der Waals surface area contributed by atoms with Crippen LogP contribution < -0.4 is 4.90 Å². The van der Waals surface area contributed by atoms with Crippen LogP contribution in [-0.4, -0.2) is 67.2 Å². The van der Waals surface area contributed by atoms with Gasteiger partial charge in [0, 0.05) is 38.6 Å². The van der Waals surface area contributed by atoms with Gasteiger partial charge in [-0.15, -0.1) is 5.10 Å². The highest BCUT2D eigenvalue weighted by Gasteiger charge is 2.45. The zero-order valence-electron chi connectivity index (χ0n) is 14.2. The maximum atomic E-state index is 13.4. The lowest BCUT2D eigenvalue weighted by atomic mass is 9.80. The fourth-order valence-electron chi connectivity index (χ4n) is 3.89. The van der Waals surface area contributed by atoms with E-state index in [1.807, 2.05) is 11.0 Å². The van der Waals surface area contributed by atoms with Crippen LogP contribution in [0.25, 0.3) is 0 Å². The molecule has 2 aromatic rings. The van der Waals surface area contributed by atoms with Gasteiger partial charge in [0.25, 0.3) is 5.91 Å². The van der Waals surface area contributed by atoms with Gasteiger partial charge in [0.1, 0.15) is 11.9 Å². The Kier molecular flexibility index (Phi) is 4.29. The first-order chi connectivity index (χ1) is 12.3. The summed E-state index contributed by atoms with van der Waals surface area (Å²) in [6.07, 6.45) is 9.90. The van der Waals surface area contributed by atoms with Crippen LogP contribution in [0, 0.1) is 0 Å². The smallest absolute Gasteiger partial charge is 0.250 e. The van der Waals surface area contributed by atoms with E-state index < -0.39 is 5.54 Å². The van der Waals surface area contributed by atoms with Crippen LogP contribution in [0.2, 0.25) is 0 Å². The Morgan fingerprint density at radius 1 is 1.00 bits per heavy atom. The standard InChI is InChI=1S/C16H22N8O/c25-14(16(5-2-1-3-6-16)24-13-19-20-21-24)22-9-11-23(12-10-22)15-17-7-4-8-18-15/h4,7-8,13H,1-3,5-6,9-12H2. The predicted octanol–water partition coefficient (Wildman–Crippen LogP) is 0.471. The van der Waals surface area contributed by atoms with E-state index >= 15 is 0 Å². The summed E-state index contributed by atoms with van der Waals surface area (Å²) in [5.41, 5.74) is -0.618. The number of anilines is 1. The Bertz CT molecular complexity index is 690. The van der Waals surface area contributed by atoms with Gasteiger partial charge in [0.15, 0.2) is 0 Å². The third-order valence-corrected chi connectivity index (χ3v) is 5.27. The number of tetrazole rings is 1. The van der Waals surface area contributed by atoms with E-state index in [0.29, 0.717) is 13.1 Å². The summed E-state index contributed by atoms with van der Waals surface area (Å²) < 4.78 is 1.68. The van der Waals surface area contributed by atoms with Gasteiger partial charge in [-0.3, -0.25) is 4.79 Å². The third kappa shape index (κ3) is 2.94. The molecule has 9 heteroatoms. The SMILES string of the molecule is O=C(N1CCN(c2ncccn2)CC1)C1(n2cnnn2)CCCCC1. The average molecular weight is 342 g/mol. The minimum absolute atomic E-state index is 0.146. The molecule has 0 N–H and O–H groups in total. The van der Waals surface area contributed by atoms with E-state index in [9.17, 15) is 4.79 Å². The van der Waals surface area contributed by atoms with Crippen molar-refractivity contribution in [3.63, 3.8) is 0 Å². The van der Waals surface area contributed by atoms with Crippen LogP contribution in [0.1, 0.15) is 32.1 Å². The molecule has 25 heavy (non-hydrogen) atoms. The van der Waals surface area contributed by atoms with Crippen molar-refractivity contribution in [3.05, 3.63) is 24.8 Å². The number of piperazine rings is 1. The molecule has 0 radical (unpaired) electrons. The van der Waals surface area contributed by atoms with Gasteiger partial charge in [-0.05, 0) is 29.3 Å². The highest BCUT2D eigenvalue weighted by molar-refractivity contribution is 5.84. The van der Waals surface area contributed by atoms with Crippen molar-refractivity contribution in [2.24, 2.45) is 0 Å². The second-order valence-electron chi connectivity index (χ2n) is 6.67. The summed E-state index contributed by atoms with van der Waals surface area (Å²) in [5.74, 6) is 0.871. The van der Waals surface area contributed by atoms with Crippen molar-refractivity contribution >= 4 is 11.9 Å². The zero-order valence-corrected chi connectivity index (χ0v) is 14.2. The number of carbonyl (C=O) groups is 1. The average Bonchev–Trinajstić information content (AvgIpc) is 3.24. The molecule has 1 saturated carbocycles. The maximum Gasteiger partial charge on any atom is 0.250 e. The highest BCUT2D eigenvalue weighted by Crippen LogP contribution is 2.36. The van der Waals surface area contributed by atoms with E-state index in [0.717, 1.165) is 51.1 Å². The highest BCUT2D eigenvalue weighted by atomic mass is 16.2. The molecule has 2 aromatic heterocycles. The van der Waals surface area contributed by atoms with E-state index in [4.69, 9.17) is 0 Å². The lowest BCUT2D eigenvalue weighted by Gasteiger charge is -2.42. The monoisotopic (exact) mass is 342 g/mol. The Morgan fingerprint density at radius 3 is 2.36 bits per heavy atom. The maximum absolute atomic E-state index is 13.4. The molecule has 0 unspecified atom stereocenters. The second kappa shape index (κ2) is 6.73. The number of carbonyl (C=O) groups excluding carboxylic acids is 1. The van der Waals surface area contributed by atoms with Gasteiger partial charge in [0.05, 0.1) is 0 Å². The van der Waals surface area contributed by atoms with Crippen molar-refractivity contribution in [3.8, 4) is 0 Å². The fraction of sp³-hybridized carbons (Fsp3) is 0.625. The molecule has 3 heterocycles. The summed E-state index contributed by atoms with van der Waals surface area (Å²) >= 11 is 0. The first-order valence-corrected chi connectivity index (χ1v) is 8.84. The van der Waals surface area contributed by atoms with Gasteiger partial charge in [-0.25, -0.2) is 14.6 Å². The quantitative estimate of drug-likeness (QED) is 0.800. The second-order valence-corrected chi connectivity index (χ2v) is 6.67. The van der Waals surface area contributed by atoms with Crippen LogP contribution in [0.4, 0.5) is 5.95 Å². The molecule has 2 aliphatic rings. The van der Waals surface area contributed by atoms with Crippen LogP contribution >= 0.6 is 0 Å². The number of amides is 1. The molecular weight excluding hydrogens is 320 g/mol. The lowest BCUT2D eigenvalue weighted by Crippen LogP contribution is -2.57. The molecule has 1 amide bonds. The molecule has 0 aromatic carbocycles. The number of hydrogen-bond acceptors (Lipinski definition) is 7. The molecule has 0 spiro atoms. The molecule has 1 aliphatic carbocycles. The normalized spacial score (nSPS) is 20.5. The Morgan fingerprint density at radius 2 is 1.72 bits per heavy atom. The number of hydrogen-bond donors (Lipinski definition) is 0. The molecular formula is C16H22N8O. The van der Waals surface area contributed by atoms with Crippen molar-refractivity contribution in [2.45, 2.75) is 37.6 Å². The van der Waals surface area contributed by atoms with Crippen LogP contribution in [-0.2, 0) is 10.3 Å². The minimum atomic E-state index is -0.618. The lowest BCUT2D eigenvalue weighted by molar-refractivity contribution is -0.144. The van der Waals surface area contributed by atoms with Crippen LogP contribution in [0.5, 0.6) is 0 Å². The van der Waals surface area contributed by atoms with Gasteiger partial charge in [-0.2, -0.15) is 0 Å². The summed E-state index contributed by atoms with van der Waals surface area (Å²) in [7, 11) is 0. The van der Waals surface area contributed by atoms with Crippen molar-refractivity contribution in [1.29, 1.82) is 0 Å². The van der Waals surface area contributed by atoms with Crippen molar-refractivity contribution < 1.29 is 4.79 Å². The van der Waals surface area contributed by atoms with Gasteiger partial charge in [-0.1, -0.05) is 19.3 Å². The number of aromatic nitrogens is 6. The number of rotatable bonds is 3. The first kappa shape index (κ1) is 15.9. The van der Waals surface area contributed by atoms with Gasteiger partial charge < -0.3 is 9.80 Å². The largest absolute Gasteiger partial charge is 0.337 e. The molecule has 4 rings (SSSR count). The number of nitrogens with zero attached hydrogens (tertiary/aromatic N) is 8. The molecule has 132 valence electrons. The summed E-state index contributed by atoms with van der Waals surface area (Å²) in [5, 5.41) is 11.6.